The van der Waals surface area contributed by atoms with Crippen LogP contribution in [-0.4, -0.2) is 35.4 Å². The molecule has 7 heteroatoms. The highest BCUT2D eigenvalue weighted by Crippen LogP contribution is 2.30. The molecular formula is C12H15N3O2S2. The third-order valence-corrected chi connectivity index (χ3v) is 4.95. The van der Waals surface area contributed by atoms with Gasteiger partial charge in [0.05, 0.1) is 4.88 Å². The lowest BCUT2D eigenvalue weighted by Crippen LogP contribution is -2.36. The Morgan fingerprint density at radius 3 is 2.95 bits per heavy atom. The van der Waals surface area contributed by atoms with Gasteiger partial charge in [-0.15, -0.1) is 22.7 Å². The smallest absolute Gasteiger partial charge is 0.263 e. The standard InChI is InChI=1S/C12H15N3O2S2/c1-7(11(13)14-17)6-15(2)12(16)10-5-9-8(19-10)3-4-18-9/h3-5,7,17H,6H2,1-2H3,(H2,13,14). The molecular weight excluding hydrogens is 282 g/mol. The first-order valence-electron chi connectivity index (χ1n) is 5.73. The van der Waals surface area contributed by atoms with E-state index < -0.39 is 0 Å². The molecule has 0 radical (unpaired) electrons. The monoisotopic (exact) mass is 297 g/mol. The molecule has 2 aromatic rings. The second-order valence-electron chi connectivity index (χ2n) is 4.37. The van der Waals surface area contributed by atoms with Gasteiger partial charge in [0.2, 0.25) is 0 Å². The van der Waals surface area contributed by atoms with Crippen LogP contribution in [-0.2, 0) is 0 Å². The van der Waals surface area contributed by atoms with Crippen molar-refractivity contribution in [3.63, 3.8) is 0 Å². The number of amidine groups is 1. The van der Waals surface area contributed by atoms with Gasteiger partial charge in [-0.25, -0.2) is 0 Å². The van der Waals surface area contributed by atoms with Crippen molar-refractivity contribution in [1.29, 1.82) is 0 Å². The third kappa shape index (κ3) is 2.87. The second kappa shape index (κ2) is 5.58. The molecule has 1 unspecified atom stereocenters. The maximum absolute atomic E-state index is 12.3. The summed E-state index contributed by atoms with van der Waals surface area (Å²) in [5.74, 6) is -0.0853. The number of carbonyl (C=O) groups excluding carboxylic acids is 1. The van der Waals surface area contributed by atoms with Gasteiger partial charge in [-0.3, -0.25) is 4.79 Å². The van der Waals surface area contributed by atoms with Crippen LogP contribution in [0.1, 0.15) is 16.6 Å². The van der Waals surface area contributed by atoms with Crippen LogP contribution in [0.4, 0.5) is 0 Å². The first-order valence-corrected chi connectivity index (χ1v) is 7.42. The van der Waals surface area contributed by atoms with E-state index in [0.29, 0.717) is 6.54 Å². The van der Waals surface area contributed by atoms with E-state index >= 15 is 0 Å². The van der Waals surface area contributed by atoms with Crippen LogP contribution in [0, 0.1) is 5.92 Å². The number of oxime groups is 1. The number of fused-ring (bicyclic) bond motifs is 1. The summed E-state index contributed by atoms with van der Waals surface area (Å²) in [6.45, 7) is 2.23. The quantitative estimate of drug-likeness (QED) is 0.394. The van der Waals surface area contributed by atoms with E-state index in [0.717, 1.165) is 14.3 Å². The lowest BCUT2D eigenvalue weighted by molar-refractivity contribution is 0.0791. The Labute approximate surface area is 118 Å². The lowest BCUT2D eigenvalue weighted by atomic mass is 10.1. The van der Waals surface area contributed by atoms with Crippen molar-refractivity contribution >= 4 is 43.8 Å². The van der Waals surface area contributed by atoms with Crippen molar-refractivity contribution < 1.29 is 10.0 Å². The molecule has 0 bridgehead atoms. The van der Waals surface area contributed by atoms with E-state index in [1.54, 1.807) is 23.3 Å². The van der Waals surface area contributed by atoms with Gasteiger partial charge >= 0.3 is 0 Å². The van der Waals surface area contributed by atoms with E-state index in [1.807, 2.05) is 24.4 Å². The lowest BCUT2D eigenvalue weighted by Gasteiger charge is -2.20. The summed E-state index contributed by atoms with van der Waals surface area (Å²) >= 11 is 3.12. The number of nitrogens with two attached hydrogens (primary N) is 1. The third-order valence-electron chi connectivity index (χ3n) is 2.86. The van der Waals surface area contributed by atoms with Crippen LogP contribution in [0.3, 0.4) is 0 Å². The van der Waals surface area contributed by atoms with Gasteiger partial charge < -0.3 is 15.8 Å². The molecule has 1 amide bonds. The summed E-state index contributed by atoms with van der Waals surface area (Å²) in [6.07, 6.45) is 0. The Kier molecular flexibility index (Phi) is 4.06. The molecule has 0 aromatic carbocycles. The van der Waals surface area contributed by atoms with Gasteiger partial charge in [-0.05, 0) is 17.5 Å². The SMILES string of the molecule is CC(CN(C)C(=O)c1cc2sccc2s1)/C(N)=N/O. The molecule has 0 aliphatic rings. The molecule has 0 aliphatic carbocycles. The minimum absolute atomic E-state index is 0.0361. The fourth-order valence-electron chi connectivity index (χ4n) is 1.75. The van der Waals surface area contributed by atoms with Crippen molar-refractivity contribution in [1.82, 2.24) is 4.90 Å². The van der Waals surface area contributed by atoms with Crippen molar-refractivity contribution in [2.45, 2.75) is 6.92 Å². The van der Waals surface area contributed by atoms with E-state index in [9.17, 15) is 4.79 Å². The van der Waals surface area contributed by atoms with Crippen molar-refractivity contribution in [2.24, 2.45) is 16.8 Å². The average Bonchev–Trinajstić information content (AvgIpc) is 2.97. The molecule has 19 heavy (non-hydrogen) atoms. The number of carbonyl (C=O) groups is 1. The summed E-state index contributed by atoms with van der Waals surface area (Å²) in [5, 5.41) is 13.6. The highest BCUT2D eigenvalue weighted by atomic mass is 32.1. The van der Waals surface area contributed by atoms with Crippen LogP contribution in [0.2, 0.25) is 0 Å². The summed E-state index contributed by atoms with van der Waals surface area (Å²) in [4.78, 5) is 14.6. The fraction of sp³-hybridized carbons (Fsp3) is 0.333. The first-order chi connectivity index (χ1) is 9.02. The van der Waals surface area contributed by atoms with E-state index in [-0.39, 0.29) is 17.7 Å². The number of amides is 1. The van der Waals surface area contributed by atoms with Crippen LogP contribution in [0.5, 0.6) is 0 Å². The zero-order valence-corrected chi connectivity index (χ0v) is 12.3. The molecule has 2 rings (SSSR count). The average molecular weight is 297 g/mol. The van der Waals surface area contributed by atoms with Gasteiger partial charge in [-0.1, -0.05) is 12.1 Å². The molecule has 2 heterocycles. The van der Waals surface area contributed by atoms with Crippen molar-refractivity contribution in [3.8, 4) is 0 Å². The van der Waals surface area contributed by atoms with Gasteiger partial charge in [0.1, 0.15) is 5.84 Å². The number of thiophene rings is 2. The second-order valence-corrected chi connectivity index (χ2v) is 6.40. The topological polar surface area (TPSA) is 78.9 Å². The Morgan fingerprint density at radius 2 is 2.32 bits per heavy atom. The Bertz CT molecular complexity index is 589. The summed E-state index contributed by atoms with van der Waals surface area (Å²) in [7, 11) is 1.72. The fourth-order valence-corrected chi connectivity index (χ4v) is 3.85. The first kappa shape index (κ1) is 13.8. The Balaban J connectivity index is 2.09. The van der Waals surface area contributed by atoms with E-state index in [2.05, 4.69) is 5.16 Å². The summed E-state index contributed by atoms with van der Waals surface area (Å²) in [6, 6.07) is 3.93. The molecule has 0 saturated heterocycles. The molecule has 3 N–H and O–H groups in total. The predicted molar refractivity (Wildman–Crippen MR) is 79.2 cm³/mol. The summed E-state index contributed by atoms with van der Waals surface area (Å²) < 4.78 is 2.26. The molecule has 2 aromatic heterocycles. The van der Waals surface area contributed by atoms with Crippen LogP contribution in [0.25, 0.3) is 9.40 Å². The van der Waals surface area contributed by atoms with Crippen LogP contribution >= 0.6 is 22.7 Å². The molecule has 102 valence electrons. The maximum Gasteiger partial charge on any atom is 0.263 e. The Morgan fingerprint density at radius 1 is 1.58 bits per heavy atom. The van der Waals surface area contributed by atoms with E-state index in [1.165, 1.54) is 11.3 Å². The minimum atomic E-state index is -0.181. The van der Waals surface area contributed by atoms with Gasteiger partial charge in [0.15, 0.2) is 0 Å². The minimum Gasteiger partial charge on any atom is -0.409 e. The maximum atomic E-state index is 12.3. The number of rotatable bonds is 4. The van der Waals surface area contributed by atoms with Gasteiger partial charge in [0.25, 0.3) is 5.91 Å². The molecule has 0 aliphatic heterocycles. The highest BCUT2D eigenvalue weighted by molar-refractivity contribution is 7.27. The van der Waals surface area contributed by atoms with Gasteiger partial charge in [-0.2, -0.15) is 0 Å². The molecule has 5 nitrogen and oxygen atoms in total. The normalized spacial score (nSPS) is 13.7. The summed E-state index contributed by atoms with van der Waals surface area (Å²) in [5.41, 5.74) is 5.51. The number of nitrogens with zero attached hydrogens (tertiary/aromatic N) is 2. The molecule has 0 fully saturated rings. The number of hydrogen-bond acceptors (Lipinski definition) is 5. The zero-order valence-electron chi connectivity index (χ0n) is 10.7. The predicted octanol–water partition coefficient (Wildman–Crippen LogP) is 2.42. The van der Waals surface area contributed by atoms with Crippen molar-refractivity contribution in [3.05, 3.63) is 22.4 Å². The Hall–Kier alpha value is -1.60. The van der Waals surface area contributed by atoms with Crippen LogP contribution in [0.15, 0.2) is 22.7 Å². The molecule has 0 saturated carbocycles. The zero-order chi connectivity index (χ0) is 14.0. The molecule has 1 atom stereocenters. The van der Waals surface area contributed by atoms with Crippen molar-refractivity contribution in [2.75, 3.05) is 13.6 Å². The molecule has 0 spiro atoms. The van der Waals surface area contributed by atoms with Crippen LogP contribution < -0.4 is 5.73 Å². The highest BCUT2D eigenvalue weighted by Gasteiger charge is 2.19. The van der Waals surface area contributed by atoms with Gasteiger partial charge in [0, 0.05) is 28.9 Å². The number of hydrogen-bond donors (Lipinski definition) is 2. The van der Waals surface area contributed by atoms with E-state index in [4.69, 9.17) is 10.9 Å². The largest absolute Gasteiger partial charge is 0.409 e.